The van der Waals surface area contributed by atoms with E-state index < -0.39 is 0 Å². The maximum absolute atomic E-state index is 9.34. The molecule has 0 aliphatic rings. The lowest BCUT2D eigenvalue weighted by atomic mass is 10.2. The van der Waals surface area contributed by atoms with E-state index in [9.17, 15) is 5.11 Å². The van der Waals surface area contributed by atoms with E-state index in [0.717, 1.165) is 12.0 Å². The van der Waals surface area contributed by atoms with Crippen LogP contribution in [0.1, 0.15) is 18.2 Å². The Morgan fingerprint density at radius 1 is 1.37 bits per heavy atom. The lowest BCUT2D eigenvalue weighted by molar-refractivity contribution is 0.275. The molecule has 2 rings (SSSR count). The zero-order valence-electron chi connectivity index (χ0n) is 10.9. The standard InChI is InChI=1S/C13H16ClN2O2P/c1-3-11-12(8-17)15-16(19-2)13(11)18-10-6-4-9(14)5-7-10/h4-7,17,19H,3,8H2,1-2H3. The fourth-order valence-corrected chi connectivity index (χ4v) is 2.56. The number of hydrogen-bond donors (Lipinski definition) is 1. The maximum atomic E-state index is 9.34. The average Bonchev–Trinajstić information content (AvgIpc) is 2.78. The monoisotopic (exact) mass is 298 g/mol. The van der Waals surface area contributed by atoms with Gasteiger partial charge in [-0.1, -0.05) is 18.5 Å². The van der Waals surface area contributed by atoms with E-state index in [-0.39, 0.29) is 6.61 Å². The number of nitrogens with zero attached hydrogens (tertiary/aromatic N) is 2. The summed E-state index contributed by atoms with van der Waals surface area (Å²) < 4.78 is 7.69. The molecule has 1 aromatic carbocycles. The third-order valence-corrected chi connectivity index (χ3v) is 3.74. The first-order chi connectivity index (χ1) is 9.19. The number of benzene rings is 1. The van der Waals surface area contributed by atoms with Crippen LogP contribution in [0.15, 0.2) is 24.3 Å². The summed E-state index contributed by atoms with van der Waals surface area (Å²) in [7, 11) is 0.445. The first-order valence-electron chi connectivity index (χ1n) is 6.02. The lowest BCUT2D eigenvalue weighted by Gasteiger charge is -2.09. The normalized spacial score (nSPS) is 11.4. The highest BCUT2D eigenvalue weighted by atomic mass is 35.5. The lowest BCUT2D eigenvalue weighted by Crippen LogP contribution is -1.94. The van der Waals surface area contributed by atoms with E-state index in [4.69, 9.17) is 16.3 Å². The highest BCUT2D eigenvalue weighted by Gasteiger charge is 2.17. The van der Waals surface area contributed by atoms with E-state index in [0.29, 0.717) is 31.1 Å². The Morgan fingerprint density at radius 2 is 2.05 bits per heavy atom. The third-order valence-electron chi connectivity index (χ3n) is 2.76. The van der Waals surface area contributed by atoms with Gasteiger partial charge in [-0.2, -0.15) is 5.10 Å². The molecule has 0 amide bonds. The van der Waals surface area contributed by atoms with Crippen LogP contribution in [-0.2, 0) is 13.0 Å². The average molecular weight is 299 g/mol. The molecule has 4 nitrogen and oxygen atoms in total. The molecule has 0 radical (unpaired) electrons. The molecule has 1 heterocycles. The van der Waals surface area contributed by atoms with Crippen LogP contribution in [0.5, 0.6) is 11.6 Å². The van der Waals surface area contributed by atoms with Crippen LogP contribution in [0.2, 0.25) is 5.02 Å². The molecule has 1 N–H and O–H groups in total. The number of aliphatic hydroxyl groups excluding tert-OH is 1. The highest BCUT2D eigenvalue weighted by Crippen LogP contribution is 2.33. The molecule has 1 unspecified atom stereocenters. The number of aromatic nitrogens is 2. The second kappa shape index (κ2) is 6.38. The molecule has 1 aromatic heterocycles. The summed E-state index contributed by atoms with van der Waals surface area (Å²) in [6.45, 7) is 3.97. The van der Waals surface area contributed by atoms with Gasteiger partial charge in [-0.3, -0.25) is 0 Å². The summed E-state index contributed by atoms with van der Waals surface area (Å²) in [5, 5.41) is 14.4. The van der Waals surface area contributed by atoms with Crippen LogP contribution >= 0.6 is 20.3 Å². The smallest absolute Gasteiger partial charge is 0.224 e. The molecule has 0 aliphatic carbocycles. The molecule has 0 spiro atoms. The Labute approximate surface area is 119 Å². The fraction of sp³-hybridized carbons (Fsp3) is 0.308. The molecule has 6 heteroatoms. The largest absolute Gasteiger partial charge is 0.439 e. The van der Waals surface area contributed by atoms with E-state index >= 15 is 0 Å². The van der Waals surface area contributed by atoms with Gasteiger partial charge in [0.1, 0.15) is 5.75 Å². The minimum atomic E-state index is -0.0718. The predicted molar refractivity (Wildman–Crippen MR) is 78.7 cm³/mol. The molecule has 0 fully saturated rings. The van der Waals surface area contributed by atoms with Gasteiger partial charge < -0.3 is 9.84 Å². The molecule has 0 saturated heterocycles. The van der Waals surface area contributed by atoms with Gasteiger partial charge in [0.25, 0.3) is 0 Å². The van der Waals surface area contributed by atoms with Gasteiger partial charge in [0.15, 0.2) is 0 Å². The van der Waals surface area contributed by atoms with Gasteiger partial charge in [0, 0.05) is 19.3 Å². The Bertz CT molecular complexity index is 555. The number of ether oxygens (including phenoxy) is 1. The van der Waals surface area contributed by atoms with Crippen molar-refractivity contribution in [1.82, 2.24) is 9.55 Å². The van der Waals surface area contributed by atoms with E-state index in [1.165, 1.54) is 0 Å². The molecule has 0 saturated carbocycles. The number of halogens is 1. The van der Waals surface area contributed by atoms with Crippen molar-refractivity contribution in [3.8, 4) is 11.6 Å². The van der Waals surface area contributed by atoms with Crippen LogP contribution in [-0.4, -0.2) is 21.3 Å². The molecule has 0 aliphatic heterocycles. The van der Waals surface area contributed by atoms with Crippen molar-refractivity contribution in [1.29, 1.82) is 0 Å². The van der Waals surface area contributed by atoms with Crippen molar-refractivity contribution in [2.24, 2.45) is 0 Å². The second-order valence-corrected chi connectivity index (χ2v) is 5.24. The zero-order valence-corrected chi connectivity index (χ0v) is 12.6. The number of aliphatic hydroxyl groups is 1. The highest BCUT2D eigenvalue weighted by molar-refractivity contribution is 7.35. The first-order valence-corrected chi connectivity index (χ1v) is 7.85. The van der Waals surface area contributed by atoms with Crippen LogP contribution in [0.4, 0.5) is 0 Å². The molecule has 1 atom stereocenters. The van der Waals surface area contributed by atoms with Crippen molar-refractivity contribution < 1.29 is 9.84 Å². The topological polar surface area (TPSA) is 47.3 Å². The summed E-state index contributed by atoms with van der Waals surface area (Å²) in [4.78, 5) is 0. The number of rotatable bonds is 5. The summed E-state index contributed by atoms with van der Waals surface area (Å²) in [6.07, 6.45) is 0.767. The quantitative estimate of drug-likeness (QED) is 0.860. The maximum Gasteiger partial charge on any atom is 0.224 e. The Morgan fingerprint density at radius 3 is 2.58 bits per heavy atom. The third kappa shape index (κ3) is 3.08. The fourth-order valence-electron chi connectivity index (χ4n) is 1.83. The van der Waals surface area contributed by atoms with Gasteiger partial charge in [-0.25, -0.2) is 4.45 Å². The van der Waals surface area contributed by atoms with Gasteiger partial charge in [0.2, 0.25) is 5.88 Å². The van der Waals surface area contributed by atoms with Crippen molar-refractivity contribution in [2.45, 2.75) is 20.0 Å². The van der Waals surface area contributed by atoms with Crippen LogP contribution in [0.3, 0.4) is 0 Å². The van der Waals surface area contributed by atoms with Crippen molar-refractivity contribution >= 4 is 20.3 Å². The molecule has 0 bridgehead atoms. The molecule has 102 valence electrons. The van der Waals surface area contributed by atoms with E-state index in [1.807, 2.05) is 25.7 Å². The number of hydrogen-bond acceptors (Lipinski definition) is 3. The van der Waals surface area contributed by atoms with Gasteiger partial charge in [0.05, 0.1) is 12.3 Å². The molecule has 19 heavy (non-hydrogen) atoms. The molecular weight excluding hydrogens is 283 g/mol. The first kappa shape index (κ1) is 14.3. The van der Waals surface area contributed by atoms with Gasteiger partial charge in [-0.05, 0) is 37.4 Å². The molecular formula is C13H16ClN2O2P. The van der Waals surface area contributed by atoms with Crippen molar-refractivity contribution in [2.75, 3.05) is 6.66 Å². The Balaban J connectivity index is 2.37. The SMILES string of the molecule is CCc1c(CO)nn(PC)c1Oc1ccc(Cl)cc1. The van der Waals surface area contributed by atoms with Crippen LogP contribution < -0.4 is 4.74 Å². The van der Waals surface area contributed by atoms with Gasteiger partial charge >= 0.3 is 0 Å². The minimum Gasteiger partial charge on any atom is -0.439 e. The van der Waals surface area contributed by atoms with E-state index in [1.54, 1.807) is 16.6 Å². The zero-order chi connectivity index (χ0) is 13.8. The van der Waals surface area contributed by atoms with Crippen LogP contribution in [0, 0.1) is 0 Å². The summed E-state index contributed by atoms with van der Waals surface area (Å²) in [5.74, 6) is 1.41. The Hall–Kier alpha value is -1.09. The van der Waals surface area contributed by atoms with Crippen molar-refractivity contribution in [3.63, 3.8) is 0 Å². The second-order valence-electron chi connectivity index (χ2n) is 3.93. The summed E-state index contributed by atoms with van der Waals surface area (Å²) >= 11 is 5.85. The van der Waals surface area contributed by atoms with Gasteiger partial charge in [-0.15, -0.1) is 0 Å². The van der Waals surface area contributed by atoms with Crippen molar-refractivity contribution in [3.05, 3.63) is 40.5 Å². The van der Waals surface area contributed by atoms with Crippen LogP contribution in [0.25, 0.3) is 0 Å². The predicted octanol–water partition coefficient (Wildman–Crippen LogP) is 3.45. The summed E-state index contributed by atoms with van der Waals surface area (Å²) in [6, 6.07) is 7.20. The Kier molecular flexibility index (Phi) is 4.81. The van der Waals surface area contributed by atoms with E-state index in [2.05, 4.69) is 5.10 Å². The molecule has 2 aromatic rings. The summed E-state index contributed by atoms with van der Waals surface area (Å²) in [5.41, 5.74) is 1.63. The minimum absolute atomic E-state index is 0.0718.